The molecule has 0 fully saturated rings. The summed E-state index contributed by atoms with van der Waals surface area (Å²) in [6.07, 6.45) is 12.6. The lowest BCUT2D eigenvalue weighted by atomic mass is 9.99. The van der Waals surface area contributed by atoms with E-state index in [0.29, 0.717) is 12.2 Å². The van der Waals surface area contributed by atoms with Gasteiger partial charge in [0.25, 0.3) is 5.91 Å². The molecule has 2 aromatic heterocycles. The second kappa shape index (κ2) is 8.37. The number of rotatable bonds is 7. The molecule has 0 saturated carbocycles. The van der Waals surface area contributed by atoms with E-state index in [1.807, 2.05) is 31.9 Å². The molecule has 0 bridgehead atoms. The van der Waals surface area contributed by atoms with Gasteiger partial charge in [0, 0.05) is 24.5 Å². The number of aromatic nitrogens is 4. The van der Waals surface area contributed by atoms with Gasteiger partial charge in [-0.15, -0.1) is 0 Å². The molecule has 27 heavy (non-hydrogen) atoms. The Morgan fingerprint density at radius 1 is 1.37 bits per heavy atom. The summed E-state index contributed by atoms with van der Waals surface area (Å²) in [5.74, 6) is -0.0400. The molecular weight excluding hydrogens is 338 g/mol. The number of nitrogens with one attached hydrogen (secondary N) is 1. The maximum Gasteiger partial charge on any atom is 0.274 e. The minimum Gasteiger partial charge on any atom is -0.348 e. The van der Waals surface area contributed by atoms with E-state index >= 15 is 0 Å². The zero-order valence-corrected chi connectivity index (χ0v) is 16.7. The molecule has 2 heterocycles. The minimum absolute atomic E-state index is 0.0400. The van der Waals surface area contributed by atoms with E-state index in [2.05, 4.69) is 40.2 Å². The van der Waals surface area contributed by atoms with Crippen LogP contribution in [0.3, 0.4) is 0 Å². The van der Waals surface area contributed by atoms with E-state index in [4.69, 9.17) is 0 Å². The summed E-state index contributed by atoms with van der Waals surface area (Å²) >= 11 is 0. The molecule has 0 aliphatic heterocycles. The van der Waals surface area contributed by atoms with E-state index in [-0.39, 0.29) is 11.9 Å². The Labute approximate surface area is 161 Å². The van der Waals surface area contributed by atoms with Crippen molar-refractivity contribution in [1.29, 1.82) is 0 Å². The highest BCUT2D eigenvalue weighted by molar-refractivity contribution is 5.92. The Morgan fingerprint density at radius 3 is 2.78 bits per heavy atom. The molecule has 0 spiro atoms. The Morgan fingerprint density at radius 2 is 2.19 bits per heavy atom. The number of carbonyl (C=O) groups is 1. The molecule has 1 aliphatic carbocycles. The third kappa shape index (κ3) is 4.56. The second-order valence-electron chi connectivity index (χ2n) is 7.35. The lowest BCUT2D eigenvalue weighted by molar-refractivity contribution is 0.0658. The number of hydrogen-bond donors (Lipinski definition) is 1. The molecule has 3 rings (SSSR count). The van der Waals surface area contributed by atoms with Crippen molar-refractivity contribution in [2.45, 2.75) is 59.0 Å². The van der Waals surface area contributed by atoms with E-state index in [1.54, 1.807) is 11.0 Å². The van der Waals surface area contributed by atoms with Crippen molar-refractivity contribution in [3.05, 3.63) is 59.0 Å². The van der Waals surface area contributed by atoms with E-state index in [9.17, 15) is 4.79 Å². The maximum atomic E-state index is 13.2. The number of aromatic amines is 1. The van der Waals surface area contributed by atoms with Gasteiger partial charge in [0.2, 0.25) is 0 Å². The number of carbonyl (C=O) groups excluding carboxylic acids is 1. The van der Waals surface area contributed by atoms with Gasteiger partial charge in [0.15, 0.2) is 5.69 Å². The topological polar surface area (TPSA) is 66.8 Å². The first-order chi connectivity index (χ1) is 13.0. The Kier molecular flexibility index (Phi) is 5.94. The number of hydrogen-bond acceptors (Lipinski definition) is 3. The number of nitrogens with zero attached hydrogens (tertiary/aromatic N) is 4. The zero-order valence-electron chi connectivity index (χ0n) is 16.7. The Hall–Kier alpha value is -2.63. The van der Waals surface area contributed by atoms with Crippen molar-refractivity contribution in [1.82, 2.24) is 24.6 Å². The van der Waals surface area contributed by atoms with Gasteiger partial charge in [-0.25, -0.2) is 4.98 Å². The average molecular weight is 367 g/mol. The van der Waals surface area contributed by atoms with Crippen LogP contribution in [0.4, 0.5) is 0 Å². The maximum absolute atomic E-state index is 13.2. The fourth-order valence-corrected chi connectivity index (χ4v) is 3.33. The Bertz CT molecular complexity index is 838. The van der Waals surface area contributed by atoms with Crippen LogP contribution < -0.4 is 0 Å². The zero-order chi connectivity index (χ0) is 19.4. The molecule has 0 saturated heterocycles. The molecule has 1 aliphatic rings. The fourth-order valence-electron chi connectivity index (χ4n) is 3.33. The molecule has 0 radical (unpaired) electrons. The molecule has 1 amide bonds. The van der Waals surface area contributed by atoms with Gasteiger partial charge in [0.05, 0.1) is 18.6 Å². The van der Waals surface area contributed by atoms with Gasteiger partial charge in [-0.3, -0.25) is 9.48 Å². The first kappa shape index (κ1) is 19.1. The Balaban J connectivity index is 1.77. The quantitative estimate of drug-likeness (QED) is 0.808. The normalized spacial score (nSPS) is 14.9. The number of amides is 1. The summed E-state index contributed by atoms with van der Waals surface area (Å²) in [6, 6.07) is 1.94. The summed E-state index contributed by atoms with van der Waals surface area (Å²) in [5.41, 5.74) is 4.73. The standard InChI is InChI=1S/C21H29N5O/c1-15(10-11-18-8-6-5-7-9-18)26(13-20-17(3)22-14-23-20)21(27)19-12-16(2)25(4)24-19/h6,8-9,12,14-15H,5,7,10-11,13H2,1-4H3,(H,22,23). The highest BCUT2D eigenvalue weighted by Gasteiger charge is 2.25. The van der Waals surface area contributed by atoms with Gasteiger partial charge >= 0.3 is 0 Å². The minimum atomic E-state index is -0.0400. The van der Waals surface area contributed by atoms with Crippen LogP contribution in [-0.2, 0) is 13.6 Å². The van der Waals surface area contributed by atoms with Crippen molar-refractivity contribution >= 4 is 5.91 Å². The fraction of sp³-hybridized carbons (Fsp3) is 0.476. The van der Waals surface area contributed by atoms with Gasteiger partial charge in [0.1, 0.15) is 0 Å². The highest BCUT2D eigenvalue weighted by Crippen LogP contribution is 2.21. The van der Waals surface area contributed by atoms with Gasteiger partial charge in [-0.1, -0.05) is 23.8 Å². The second-order valence-corrected chi connectivity index (χ2v) is 7.35. The van der Waals surface area contributed by atoms with Gasteiger partial charge in [-0.05, 0) is 52.5 Å². The summed E-state index contributed by atoms with van der Waals surface area (Å²) in [7, 11) is 1.86. The van der Waals surface area contributed by atoms with Crippen molar-refractivity contribution in [3.8, 4) is 0 Å². The lowest BCUT2D eigenvalue weighted by Crippen LogP contribution is -2.38. The molecular formula is C21H29N5O. The largest absolute Gasteiger partial charge is 0.348 e. The van der Waals surface area contributed by atoms with Gasteiger partial charge < -0.3 is 9.88 Å². The first-order valence-corrected chi connectivity index (χ1v) is 9.61. The van der Waals surface area contributed by atoms with Gasteiger partial charge in [-0.2, -0.15) is 5.10 Å². The molecule has 2 aromatic rings. The molecule has 1 unspecified atom stereocenters. The molecule has 6 nitrogen and oxygen atoms in total. The van der Waals surface area contributed by atoms with E-state index in [0.717, 1.165) is 42.8 Å². The number of aryl methyl sites for hydroxylation is 3. The van der Waals surface area contributed by atoms with Crippen LogP contribution in [0.25, 0.3) is 0 Å². The monoisotopic (exact) mass is 367 g/mol. The third-order valence-electron chi connectivity index (χ3n) is 5.30. The van der Waals surface area contributed by atoms with Crippen LogP contribution in [0.1, 0.15) is 60.2 Å². The van der Waals surface area contributed by atoms with Crippen LogP contribution in [0, 0.1) is 13.8 Å². The van der Waals surface area contributed by atoms with Crippen LogP contribution in [0.2, 0.25) is 0 Å². The summed E-state index contributed by atoms with van der Waals surface area (Å²) in [4.78, 5) is 22.6. The number of H-pyrrole nitrogens is 1. The predicted molar refractivity (Wildman–Crippen MR) is 106 cm³/mol. The van der Waals surface area contributed by atoms with Crippen molar-refractivity contribution in [2.75, 3.05) is 0 Å². The smallest absolute Gasteiger partial charge is 0.274 e. The summed E-state index contributed by atoms with van der Waals surface area (Å²) < 4.78 is 1.74. The highest BCUT2D eigenvalue weighted by atomic mass is 16.2. The third-order valence-corrected chi connectivity index (χ3v) is 5.30. The molecule has 1 atom stereocenters. The van der Waals surface area contributed by atoms with Crippen LogP contribution >= 0.6 is 0 Å². The van der Waals surface area contributed by atoms with Crippen LogP contribution in [0.5, 0.6) is 0 Å². The molecule has 144 valence electrons. The number of imidazole rings is 1. The van der Waals surface area contributed by atoms with Crippen LogP contribution in [0.15, 0.2) is 36.2 Å². The summed E-state index contributed by atoms with van der Waals surface area (Å²) in [5, 5.41) is 4.39. The van der Waals surface area contributed by atoms with E-state index in [1.165, 1.54) is 5.57 Å². The number of allylic oxidation sites excluding steroid dienone is 4. The van der Waals surface area contributed by atoms with Crippen molar-refractivity contribution in [3.63, 3.8) is 0 Å². The summed E-state index contributed by atoms with van der Waals surface area (Å²) in [6.45, 7) is 6.54. The molecule has 1 N–H and O–H groups in total. The molecule has 0 aromatic carbocycles. The molecule has 6 heteroatoms. The predicted octanol–water partition coefficient (Wildman–Crippen LogP) is 3.85. The first-order valence-electron chi connectivity index (χ1n) is 9.61. The van der Waals surface area contributed by atoms with E-state index < -0.39 is 0 Å². The lowest BCUT2D eigenvalue weighted by Gasteiger charge is -2.29. The van der Waals surface area contributed by atoms with Crippen molar-refractivity contribution in [2.24, 2.45) is 7.05 Å². The van der Waals surface area contributed by atoms with Crippen LogP contribution in [-0.4, -0.2) is 36.6 Å². The SMILES string of the molecule is Cc1[nH]cnc1CN(C(=O)c1cc(C)n(C)n1)C(C)CCC1=CCCC=C1. The van der Waals surface area contributed by atoms with Crippen molar-refractivity contribution < 1.29 is 4.79 Å². The average Bonchev–Trinajstić information content (AvgIpc) is 3.23.